The minimum atomic E-state index is -0.450. The van der Waals surface area contributed by atoms with Crippen LogP contribution in [0.4, 0.5) is 4.79 Å². The molecule has 27 heavy (non-hydrogen) atoms. The van der Waals surface area contributed by atoms with E-state index < -0.39 is 5.60 Å². The van der Waals surface area contributed by atoms with Crippen LogP contribution in [0.3, 0.4) is 0 Å². The number of nitrogens with zero attached hydrogens (tertiary/aromatic N) is 3. The van der Waals surface area contributed by atoms with Gasteiger partial charge in [0, 0.05) is 39.3 Å². The molecule has 1 saturated heterocycles. The van der Waals surface area contributed by atoms with Crippen LogP contribution in [0.5, 0.6) is 0 Å². The van der Waals surface area contributed by atoms with Gasteiger partial charge in [0.15, 0.2) is 5.96 Å². The number of aliphatic imine (C=N–C) groups is 1. The van der Waals surface area contributed by atoms with E-state index in [1.54, 1.807) is 4.90 Å². The van der Waals surface area contributed by atoms with Gasteiger partial charge in [0.1, 0.15) is 5.60 Å². The molecule has 1 amide bonds. The maximum Gasteiger partial charge on any atom is 0.410 e. The molecule has 3 N–H and O–H groups in total. The smallest absolute Gasteiger partial charge is 0.410 e. The van der Waals surface area contributed by atoms with E-state index in [4.69, 9.17) is 10.5 Å². The number of amides is 1. The van der Waals surface area contributed by atoms with Crippen molar-refractivity contribution in [2.24, 2.45) is 10.7 Å². The second-order valence-corrected chi connectivity index (χ2v) is 7.74. The fraction of sp³-hybridized carbons (Fsp3) is 0.600. The Hall–Kier alpha value is -2.28. The standard InChI is InChI=1S/C20H33N5O2/c1-20(2,3)27-19(26)25-15-13-24(14-16-25)12-11-23-18(21)22-10-9-17-7-5-4-6-8-17/h4-8H,9-16H2,1-3H3,(H3,21,22,23). The van der Waals surface area contributed by atoms with Crippen LogP contribution < -0.4 is 11.1 Å². The van der Waals surface area contributed by atoms with Crippen LogP contribution >= 0.6 is 0 Å². The Morgan fingerprint density at radius 2 is 1.85 bits per heavy atom. The van der Waals surface area contributed by atoms with E-state index in [9.17, 15) is 4.79 Å². The monoisotopic (exact) mass is 375 g/mol. The van der Waals surface area contributed by atoms with Crippen LogP contribution in [0.1, 0.15) is 26.3 Å². The summed E-state index contributed by atoms with van der Waals surface area (Å²) < 4.78 is 5.42. The molecule has 0 saturated carbocycles. The van der Waals surface area contributed by atoms with E-state index in [1.807, 2.05) is 39.0 Å². The van der Waals surface area contributed by atoms with Crippen LogP contribution in [0.2, 0.25) is 0 Å². The first-order valence-electron chi connectivity index (χ1n) is 9.61. The predicted octanol–water partition coefficient (Wildman–Crippen LogP) is 1.69. The predicted molar refractivity (Wildman–Crippen MR) is 109 cm³/mol. The van der Waals surface area contributed by atoms with E-state index >= 15 is 0 Å². The number of carbonyl (C=O) groups excluding carboxylic acids is 1. The number of nitrogens with two attached hydrogens (primary N) is 1. The first-order chi connectivity index (χ1) is 12.8. The van der Waals surface area contributed by atoms with Crippen LogP contribution in [-0.4, -0.2) is 73.3 Å². The minimum Gasteiger partial charge on any atom is -0.444 e. The molecule has 1 aromatic carbocycles. The zero-order valence-corrected chi connectivity index (χ0v) is 16.8. The summed E-state index contributed by atoms with van der Waals surface area (Å²) in [6.45, 7) is 10.9. The molecule has 1 aliphatic heterocycles. The van der Waals surface area contributed by atoms with E-state index in [0.717, 1.165) is 32.6 Å². The Balaban J connectivity index is 1.60. The maximum atomic E-state index is 12.1. The topological polar surface area (TPSA) is 83.2 Å². The van der Waals surface area contributed by atoms with Crippen LogP contribution in [0, 0.1) is 0 Å². The van der Waals surface area contributed by atoms with E-state index in [2.05, 4.69) is 27.3 Å². The number of rotatable bonds is 6. The lowest BCUT2D eigenvalue weighted by molar-refractivity contribution is 0.0148. The molecule has 1 aliphatic rings. The van der Waals surface area contributed by atoms with Gasteiger partial charge in [0.25, 0.3) is 0 Å². The minimum absolute atomic E-state index is 0.230. The summed E-state index contributed by atoms with van der Waals surface area (Å²) in [5.74, 6) is 0.485. The third-order valence-corrected chi connectivity index (χ3v) is 4.28. The van der Waals surface area contributed by atoms with Crippen LogP contribution in [0.25, 0.3) is 0 Å². The lowest BCUT2D eigenvalue weighted by atomic mass is 10.1. The van der Waals surface area contributed by atoms with Gasteiger partial charge in [-0.05, 0) is 32.8 Å². The highest BCUT2D eigenvalue weighted by Crippen LogP contribution is 2.11. The van der Waals surface area contributed by atoms with Gasteiger partial charge in [0.2, 0.25) is 0 Å². The van der Waals surface area contributed by atoms with Crippen molar-refractivity contribution in [3.8, 4) is 0 Å². The Labute approximate surface area is 162 Å². The van der Waals surface area contributed by atoms with Gasteiger partial charge in [-0.1, -0.05) is 30.3 Å². The summed E-state index contributed by atoms with van der Waals surface area (Å²) >= 11 is 0. The molecular formula is C20H33N5O2. The largest absolute Gasteiger partial charge is 0.444 e. The Bertz CT molecular complexity index is 605. The number of carbonyl (C=O) groups is 1. The lowest BCUT2D eigenvalue weighted by Crippen LogP contribution is -2.50. The first kappa shape index (κ1) is 21.0. The molecule has 0 atom stereocenters. The average Bonchev–Trinajstić information content (AvgIpc) is 2.62. The number of benzene rings is 1. The molecular weight excluding hydrogens is 342 g/mol. The van der Waals surface area contributed by atoms with Crippen LogP contribution in [0.15, 0.2) is 35.3 Å². The fourth-order valence-corrected chi connectivity index (χ4v) is 2.83. The number of piperazine rings is 1. The zero-order chi connectivity index (χ0) is 19.7. The summed E-state index contributed by atoms with van der Waals surface area (Å²) in [7, 11) is 0. The highest BCUT2D eigenvalue weighted by atomic mass is 16.6. The third-order valence-electron chi connectivity index (χ3n) is 4.28. The molecule has 1 heterocycles. The van der Waals surface area contributed by atoms with Gasteiger partial charge < -0.3 is 20.7 Å². The molecule has 1 aromatic rings. The number of guanidine groups is 1. The highest BCUT2D eigenvalue weighted by Gasteiger charge is 2.25. The van der Waals surface area contributed by atoms with Gasteiger partial charge in [0.05, 0.1) is 6.54 Å². The first-order valence-corrected chi connectivity index (χ1v) is 9.61. The van der Waals surface area contributed by atoms with Crippen molar-refractivity contribution < 1.29 is 9.53 Å². The van der Waals surface area contributed by atoms with Crippen molar-refractivity contribution in [2.75, 3.05) is 45.8 Å². The normalized spacial score (nSPS) is 16.3. The maximum absolute atomic E-state index is 12.1. The molecule has 1 fully saturated rings. The van der Waals surface area contributed by atoms with Crippen molar-refractivity contribution >= 4 is 12.1 Å². The number of nitrogens with one attached hydrogen (secondary N) is 1. The Kier molecular flexibility index (Phi) is 7.91. The van der Waals surface area contributed by atoms with E-state index in [1.165, 1.54) is 5.56 Å². The molecule has 150 valence electrons. The SMILES string of the molecule is CC(C)(C)OC(=O)N1CCN(CCN=C(N)NCCc2ccccc2)CC1. The second-order valence-electron chi connectivity index (χ2n) is 7.74. The lowest BCUT2D eigenvalue weighted by Gasteiger charge is -2.35. The Morgan fingerprint density at radius 3 is 2.48 bits per heavy atom. The van der Waals surface area contributed by atoms with Crippen LogP contribution in [-0.2, 0) is 11.2 Å². The third kappa shape index (κ3) is 8.30. The molecule has 0 aromatic heterocycles. The molecule has 2 rings (SSSR count). The zero-order valence-electron chi connectivity index (χ0n) is 16.8. The fourth-order valence-electron chi connectivity index (χ4n) is 2.83. The summed E-state index contributed by atoms with van der Waals surface area (Å²) in [5, 5.41) is 3.15. The van der Waals surface area contributed by atoms with Crippen molar-refractivity contribution in [1.82, 2.24) is 15.1 Å². The van der Waals surface area contributed by atoms with Gasteiger partial charge in [-0.15, -0.1) is 0 Å². The molecule has 0 aliphatic carbocycles. The molecule has 0 unspecified atom stereocenters. The summed E-state index contributed by atoms with van der Waals surface area (Å²) in [6, 6.07) is 10.3. The van der Waals surface area contributed by atoms with Gasteiger partial charge >= 0.3 is 6.09 Å². The van der Waals surface area contributed by atoms with Gasteiger partial charge in [-0.3, -0.25) is 9.89 Å². The molecule has 7 nitrogen and oxygen atoms in total. The summed E-state index contributed by atoms with van der Waals surface area (Å²) in [5.41, 5.74) is 6.75. The highest BCUT2D eigenvalue weighted by molar-refractivity contribution is 5.77. The number of hydrogen-bond acceptors (Lipinski definition) is 4. The van der Waals surface area contributed by atoms with Crippen molar-refractivity contribution in [2.45, 2.75) is 32.8 Å². The summed E-state index contributed by atoms with van der Waals surface area (Å²) in [4.78, 5) is 20.5. The summed E-state index contributed by atoms with van der Waals surface area (Å²) in [6.07, 6.45) is 0.691. The molecule has 0 radical (unpaired) electrons. The second kappa shape index (κ2) is 10.2. The molecule has 0 spiro atoms. The van der Waals surface area contributed by atoms with E-state index in [0.29, 0.717) is 25.6 Å². The van der Waals surface area contributed by atoms with E-state index in [-0.39, 0.29) is 6.09 Å². The van der Waals surface area contributed by atoms with Gasteiger partial charge in [-0.25, -0.2) is 4.79 Å². The number of ether oxygens (including phenoxy) is 1. The average molecular weight is 376 g/mol. The van der Waals surface area contributed by atoms with Gasteiger partial charge in [-0.2, -0.15) is 0 Å². The van der Waals surface area contributed by atoms with Crippen molar-refractivity contribution in [3.63, 3.8) is 0 Å². The molecule has 7 heteroatoms. The molecule has 0 bridgehead atoms. The quantitative estimate of drug-likeness (QED) is 0.584. The number of hydrogen-bond donors (Lipinski definition) is 2. The Morgan fingerprint density at radius 1 is 1.19 bits per heavy atom. The van der Waals surface area contributed by atoms with Crippen molar-refractivity contribution in [3.05, 3.63) is 35.9 Å². The van der Waals surface area contributed by atoms with Crippen molar-refractivity contribution in [1.29, 1.82) is 0 Å².